The summed E-state index contributed by atoms with van der Waals surface area (Å²) in [6.45, 7) is 6.90. The van der Waals surface area contributed by atoms with E-state index in [9.17, 15) is 8.42 Å². The number of rotatable bonds is 6. The van der Waals surface area contributed by atoms with Gasteiger partial charge in [-0.25, -0.2) is 8.42 Å². The van der Waals surface area contributed by atoms with Crippen LogP contribution in [0.1, 0.15) is 6.92 Å². The van der Waals surface area contributed by atoms with Crippen molar-refractivity contribution < 1.29 is 13.2 Å². The Labute approximate surface area is 155 Å². The number of hydrogen-bond donors (Lipinski definition) is 1. The molecule has 1 saturated heterocycles. The molecule has 7 heteroatoms. The summed E-state index contributed by atoms with van der Waals surface area (Å²) in [5.74, 6) is 0.328. The number of benzene rings is 2. The topological polar surface area (TPSA) is 61.9 Å². The normalized spacial score (nSPS) is 15.7. The van der Waals surface area contributed by atoms with Crippen molar-refractivity contribution >= 4 is 21.4 Å². The van der Waals surface area contributed by atoms with Gasteiger partial charge in [0, 0.05) is 26.2 Å². The highest BCUT2D eigenvalue weighted by atomic mass is 32.2. The van der Waals surface area contributed by atoms with E-state index in [0.29, 0.717) is 11.4 Å². The van der Waals surface area contributed by atoms with Crippen molar-refractivity contribution in [2.24, 2.45) is 0 Å². The first kappa shape index (κ1) is 18.5. The number of ether oxygens (including phenoxy) is 1. The van der Waals surface area contributed by atoms with E-state index in [2.05, 4.69) is 21.4 Å². The molecule has 1 aliphatic heterocycles. The number of likely N-dealkylation sites (N-methyl/N-ethyl adjacent to an activating group) is 1. The van der Waals surface area contributed by atoms with E-state index in [1.54, 1.807) is 30.3 Å². The molecule has 3 rings (SSSR count). The molecule has 26 heavy (non-hydrogen) atoms. The molecule has 2 aromatic carbocycles. The lowest BCUT2D eigenvalue weighted by Gasteiger charge is -2.36. The Morgan fingerprint density at radius 3 is 2.35 bits per heavy atom. The Kier molecular flexibility index (Phi) is 5.68. The van der Waals surface area contributed by atoms with Crippen LogP contribution in [0.2, 0.25) is 0 Å². The predicted octanol–water partition coefficient (Wildman–Crippen LogP) is 2.64. The zero-order valence-electron chi connectivity index (χ0n) is 15.2. The third-order valence-corrected chi connectivity index (χ3v) is 6.07. The molecule has 1 fully saturated rings. The summed E-state index contributed by atoms with van der Waals surface area (Å²) >= 11 is 0. The summed E-state index contributed by atoms with van der Waals surface area (Å²) in [6, 6.07) is 14.2. The molecule has 140 valence electrons. The van der Waals surface area contributed by atoms with Crippen molar-refractivity contribution in [3.63, 3.8) is 0 Å². The van der Waals surface area contributed by atoms with Gasteiger partial charge in [0.05, 0.1) is 18.5 Å². The van der Waals surface area contributed by atoms with E-state index in [1.165, 1.54) is 7.11 Å². The van der Waals surface area contributed by atoms with Gasteiger partial charge in [0.25, 0.3) is 10.0 Å². The van der Waals surface area contributed by atoms with Crippen LogP contribution in [0.3, 0.4) is 0 Å². The van der Waals surface area contributed by atoms with Gasteiger partial charge in [-0.15, -0.1) is 0 Å². The molecule has 0 spiro atoms. The predicted molar refractivity (Wildman–Crippen MR) is 105 cm³/mol. The Bertz CT molecular complexity index is 847. The lowest BCUT2D eigenvalue weighted by atomic mass is 10.2. The number of nitrogens with zero attached hydrogens (tertiary/aromatic N) is 2. The van der Waals surface area contributed by atoms with E-state index in [4.69, 9.17) is 4.74 Å². The van der Waals surface area contributed by atoms with E-state index in [1.807, 2.05) is 18.2 Å². The number of methoxy groups -OCH3 is 1. The molecule has 0 unspecified atom stereocenters. The smallest absolute Gasteiger partial charge is 0.265 e. The van der Waals surface area contributed by atoms with Gasteiger partial charge < -0.3 is 14.5 Å². The van der Waals surface area contributed by atoms with Crippen molar-refractivity contribution in [2.45, 2.75) is 11.8 Å². The second-order valence-electron chi connectivity index (χ2n) is 6.19. The molecule has 0 saturated carbocycles. The Morgan fingerprint density at radius 1 is 1.00 bits per heavy atom. The van der Waals surface area contributed by atoms with Crippen LogP contribution in [0.5, 0.6) is 5.75 Å². The van der Waals surface area contributed by atoms with Crippen molar-refractivity contribution in [3.8, 4) is 5.75 Å². The summed E-state index contributed by atoms with van der Waals surface area (Å²) in [5.41, 5.74) is 1.49. The first-order valence-electron chi connectivity index (χ1n) is 8.77. The number of hydrogen-bond acceptors (Lipinski definition) is 5. The Balaban J connectivity index is 1.87. The van der Waals surface area contributed by atoms with Crippen molar-refractivity contribution in [3.05, 3.63) is 48.5 Å². The monoisotopic (exact) mass is 375 g/mol. The third kappa shape index (κ3) is 3.94. The average molecular weight is 375 g/mol. The Morgan fingerprint density at radius 2 is 1.65 bits per heavy atom. The van der Waals surface area contributed by atoms with Crippen LogP contribution >= 0.6 is 0 Å². The fourth-order valence-electron chi connectivity index (χ4n) is 3.18. The van der Waals surface area contributed by atoms with Gasteiger partial charge in [-0.3, -0.25) is 4.72 Å². The minimum atomic E-state index is -3.74. The van der Waals surface area contributed by atoms with E-state index < -0.39 is 10.0 Å². The zero-order chi connectivity index (χ0) is 18.6. The number of anilines is 2. The largest absolute Gasteiger partial charge is 0.495 e. The molecule has 6 nitrogen and oxygen atoms in total. The second-order valence-corrected chi connectivity index (χ2v) is 7.85. The highest BCUT2D eigenvalue weighted by Gasteiger charge is 2.23. The quantitative estimate of drug-likeness (QED) is 0.841. The zero-order valence-corrected chi connectivity index (χ0v) is 16.0. The summed E-state index contributed by atoms with van der Waals surface area (Å²) < 4.78 is 33.7. The van der Waals surface area contributed by atoms with Crippen LogP contribution in [0.4, 0.5) is 11.4 Å². The maximum Gasteiger partial charge on any atom is 0.265 e. The fraction of sp³-hybridized carbons (Fsp3) is 0.368. The summed E-state index contributed by atoms with van der Waals surface area (Å²) in [5, 5.41) is 0. The molecule has 0 bridgehead atoms. The second kappa shape index (κ2) is 7.97. The van der Waals surface area contributed by atoms with E-state index in [0.717, 1.165) is 38.4 Å². The minimum Gasteiger partial charge on any atom is -0.495 e. The SMILES string of the molecule is CCN1CCN(c2ccccc2NS(=O)(=O)c2ccccc2OC)CC1. The number of nitrogens with one attached hydrogen (secondary N) is 1. The van der Waals surface area contributed by atoms with Crippen LogP contribution in [0.25, 0.3) is 0 Å². The van der Waals surface area contributed by atoms with Gasteiger partial charge >= 0.3 is 0 Å². The minimum absolute atomic E-state index is 0.133. The van der Waals surface area contributed by atoms with Crippen LogP contribution in [0.15, 0.2) is 53.4 Å². The first-order valence-corrected chi connectivity index (χ1v) is 10.3. The molecule has 0 radical (unpaired) electrons. The van der Waals surface area contributed by atoms with Crippen LogP contribution < -0.4 is 14.4 Å². The maximum absolute atomic E-state index is 12.9. The Hall–Kier alpha value is -2.25. The molecule has 0 aliphatic carbocycles. The lowest BCUT2D eigenvalue weighted by molar-refractivity contribution is 0.271. The van der Waals surface area contributed by atoms with Gasteiger partial charge in [-0.05, 0) is 30.8 Å². The standard InChI is InChI=1S/C19H25N3O3S/c1-3-21-12-14-22(15-13-21)17-9-5-4-8-16(17)20-26(23,24)19-11-7-6-10-18(19)25-2/h4-11,20H,3,12-15H2,1-2H3. The van der Waals surface area contributed by atoms with Gasteiger partial charge in [0.2, 0.25) is 0 Å². The maximum atomic E-state index is 12.9. The molecule has 0 amide bonds. The lowest BCUT2D eigenvalue weighted by Crippen LogP contribution is -2.46. The highest BCUT2D eigenvalue weighted by Crippen LogP contribution is 2.31. The van der Waals surface area contributed by atoms with E-state index >= 15 is 0 Å². The molecular weight excluding hydrogens is 350 g/mol. The molecule has 0 atom stereocenters. The first-order chi connectivity index (χ1) is 12.5. The molecular formula is C19H25N3O3S. The number of para-hydroxylation sites is 3. The van der Waals surface area contributed by atoms with Crippen LogP contribution in [-0.4, -0.2) is 53.2 Å². The molecule has 1 N–H and O–H groups in total. The van der Waals surface area contributed by atoms with Crippen LogP contribution in [-0.2, 0) is 10.0 Å². The molecule has 0 aromatic heterocycles. The van der Waals surface area contributed by atoms with E-state index in [-0.39, 0.29) is 4.90 Å². The fourth-order valence-corrected chi connectivity index (χ4v) is 4.43. The van der Waals surface area contributed by atoms with Gasteiger partial charge in [0.15, 0.2) is 0 Å². The average Bonchev–Trinajstić information content (AvgIpc) is 2.68. The van der Waals surface area contributed by atoms with Gasteiger partial charge in [0.1, 0.15) is 10.6 Å². The summed E-state index contributed by atoms with van der Waals surface area (Å²) in [4.78, 5) is 4.75. The summed E-state index contributed by atoms with van der Waals surface area (Å²) in [6.07, 6.45) is 0. The molecule has 2 aromatic rings. The van der Waals surface area contributed by atoms with Gasteiger partial charge in [-0.1, -0.05) is 31.2 Å². The number of piperazine rings is 1. The third-order valence-electron chi connectivity index (χ3n) is 4.67. The van der Waals surface area contributed by atoms with Crippen molar-refractivity contribution in [1.29, 1.82) is 0 Å². The molecule has 1 aliphatic rings. The van der Waals surface area contributed by atoms with Gasteiger partial charge in [-0.2, -0.15) is 0 Å². The summed E-state index contributed by atoms with van der Waals surface area (Å²) in [7, 11) is -2.28. The van der Waals surface area contributed by atoms with Crippen LogP contribution in [0, 0.1) is 0 Å². The van der Waals surface area contributed by atoms with Crippen molar-refractivity contribution in [2.75, 3.05) is 49.5 Å². The molecule has 1 heterocycles. The highest BCUT2D eigenvalue weighted by molar-refractivity contribution is 7.92. The number of sulfonamides is 1. The van der Waals surface area contributed by atoms with Crippen molar-refractivity contribution in [1.82, 2.24) is 4.90 Å².